The smallest absolute Gasteiger partial charge is 0.242 e. The molecule has 0 aliphatic heterocycles. The minimum absolute atomic E-state index is 0.289. The van der Waals surface area contributed by atoms with Crippen LogP contribution in [-0.2, 0) is 6.42 Å². The van der Waals surface area contributed by atoms with Crippen LogP contribution < -0.4 is 5.73 Å². The van der Waals surface area contributed by atoms with E-state index in [0.29, 0.717) is 11.1 Å². The molecule has 3 heterocycles. The summed E-state index contributed by atoms with van der Waals surface area (Å²) < 4.78 is 27.1. The fraction of sp³-hybridized carbons (Fsp3) is 0.238. The van der Waals surface area contributed by atoms with Gasteiger partial charge in [0, 0.05) is 35.6 Å². The largest absolute Gasteiger partial charge is 0.405 e. The van der Waals surface area contributed by atoms with E-state index in [1.54, 1.807) is 4.52 Å². The Morgan fingerprint density at radius 1 is 1.30 bits per heavy atom. The van der Waals surface area contributed by atoms with Crippen molar-refractivity contribution < 1.29 is 8.78 Å². The zero-order valence-corrected chi connectivity index (χ0v) is 15.8. The molecule has 0 radical (unpaired) electrons. The summed E-state index contributed by atoms with van der Waals surface area (Å²) in [5, 5.41) is 4.15. The highest BCUT2D eigenvalue weighted by Gasteiger charge is 2.13. The second kappa shape index (κ2) is 9.07. The normalized spacial score (nSPS) is 11.4. The fourth-order valence-corrected chi connectivity index (χ4v) is 2.91. The van der Waals surface area contributed by atoms with E-state index in [9.17, 15) is 8.78 Å². The maximum absolute atomic E-state index is 12.8. The highest BCUT2D eigenvalue weighted by Crippen LogP contribution is 2.28. The fourth-order valence-electron chi connectivity index (χ4n) is 2.91. The lowest BCUT2D eigenvalue weighted by Gasteiger charge is -2.12. The van der Waals surface area contributed by atoms with Crippen molar-refractivity contribution in [1.29, 1.82) is 0 Å². The first kappa shape index (κ1) is 20.3. The van der Waals surface area contributed by atoms with Crippen molar-refractivity contribution in [3.05, 3.63) is 83.6 Å². The number of hydrogen-bond acceptors (Lipinski definition) is 3. The predicted molar refractivity (Wildman–Crippen MR) is 106 cm³/mol. The average Bonchev–Trinajstić information content (AvgIpc) is 3.01. The molecule has 0 spiro atoms. The third-order valence-electron chi connectivity index (χ3n) is 4.09. The maximum atomic E-state index is 12.8. The molecule has 0 saturated heterocycles. The Kier molecular flexibility index (Phi) is 6.82. The lowest BCUT2D eigenvalue weighted by Crippen LogP contribution is -1.99. The number of alkyl halides is 2. The summed E-state index contributed by atoms with van der Waals surface area (Å²) in [7, 11) is 0. The summed E-state index contributed by atoms with van der Waals surface area (Å²) in [6.07, 6.45) is 5.77. The van der Waals surface area contributed by atoms with Crippen LogP contribution in [0.2, 0.25) is 0 Å². The summed E-state index contributed by atoms with van der Waals surface area (Å²) >= 11 is 0. The first-order valence-electron chi connectivity index (χ1n) is 8.58. The van der Waals surface area contributed by atoms with Gasteiger partial charge in [0.2, 0.25) is 6.43 Å². The number of aryl methyl sites for hydroxylation is 2. The summed E-state index contributed by atoms with van der Waals surface area (Å²) in [5.41, 5.74) is 11.0. The number of halogens is 2. The van der Waals surface area contributed by atoms with Gasteiger partial charge in [-0.15, -0.1) is 0 Å². The van der Waals surface area contributed by atoms with Gasteiger partial charge in [-0.25, -0.2) is 13.3 Å². The molecular weight excluding hydrogens is 346 g/mol. The van der Waals surface area contributed by atoms with Gasteiger partial charge >= 0.3 is 0 Å². The van der Waals surface area contributed by atoms with Gasteiger partial charge in [-0.05, 0) is 61.9 Å². The number of pyridine rings is 2. The molecule has 0 amide bonds. The van der Waals surface area contributed by atoms with Crippen LogP contribution in [0.3, 0.4) is 0 Å². The highest BCUT2D eigenvalue weighted by atomic mass is 19.3. The molecule has 0 atom stereocenters. The molecule has 0 unspecified atom stereocenters. The van der Waals surface area contributed by atoms with Crippen molar-refractivity contribution in [2.24, 2.45) is 5.73 Å². The van der Waals surface area contributed by atoms with Crippen LogP contribution in [0.1, 0.15) is 34.9 Å². The number of allylic oxidation sites excluding steroid dienone is 1. The first-order chi connectivity index (χ1) is 12.9. The Balaban J connectivity index is 0.000000817. The van der Waals surface area contributed by atoms with Crippen molar-refractivity contribution >= 4 is 11.1 Å². The van der Waals surface area contributed by atoms with E-state index < -0.39 is 6.43 Å². The molecule has 4 nitrogen and oxygen atoms in total. The molecule has 3 rings (SSSR count). The highest BCUT2D eigenvalue weighted by molar-refractivity contribution is 5.82. The van der Waals surface area contributed by atoms with E-state index in [4.69, 9.17) is 0 Å². The van der Waals surface area contributed by atoms with Gasteiger partial charge < -0.3 is 5.73 Å². The Morgan fingerprint density at radius 3 is 2.63 bits per heavy atom. The van der Waals surface area contributed by atoms with Gasteiger partial charge in [0.05, 0.1) is 11.7 Å². The van der Waals surface area contributed by atoms with E-state index in [1.165, 1.54) is 12.4 Å². The number of nitrogens with zero attached hydrogens (tertiary/aromatic N) is 3. The van der Waals surface area contributed by atoms with Crippen LogP contribution in [-0.4, -0.2) is 21.0 Å². The van der Waals surface area contributed by atoms with Gasteiger partial charge in [0.25, 0.3) is 0 Å². The summed E-state index contributed by atoms with van der Waals surface area (Å²) in [5.74, 6) is 0. The molecule has 0 bridgehead atoms. The number of aromatic nitrogens is 3. The second-order valence-electron chi connectivity index (χ2n) is 6.09. The molecule has 142 valence electrons. The van der Waals surface area contributed by atoms with Crippen molar-refractivity contribution in [2.75, 3.05) is 0 Å². The molecule has 0 fully saturated rings. The maximum Gasteiger partial charge on any atom is 0.242 e. The molecule has 6 heteroatoms. The minimum Gasteiger partial charge on any atom is -0.405 e. The molecule has 27 heavy (non-hydrogen) atoms. The van der Waals surface area contributed by atoms with Crippen LogP contribution in [0.15, 0.2) is 55.6 Å². The van der Waals surface area contributed by atoms with Gasteiger partial charge in [0.15, 0.2) is 0 Å². The lowest BCUT2D eigenvalue weighted by molar-refractivity contribution is 0.149. The lowest BCUT2D eigenvalue weighted by atomic mass is 9.96. The third-order valence-corrected chi connectivity index (χ3v) is 4.09. The second-order valence-corrected chi connectivity index (χ2v) is 6.09. The van der Waals surface area contributed by atoms with E-state index in [0.717, 1.165) is 28.0 Å². The summed E-state index contributed by atoms with van der Waals surface area (Å²) in [6, 6.07) is 5.96. The van der Waals surface area contributed by atoms with E-state index in [1.807, 2.05) is 51.4 Å². The minimum atomic E-state index is -2.38. The van der Waals surface area contributed by atoms with E-state index >= 15 is 0 Å². The van der Waals surface area contributed by atoms with Crippen LogP contribution in [0.5, 0.6) is 0 Å². The molecule has 3 aromatic heterocycles. The van der Waals surface area contributed by atoms with Crippen molar-refractivity contribution in [1.82, 2.24) is 14.6 Å². The molecule has 0 aliphatic carbocycles. The van der Waals surface area contributed by atoms with E-state index in [2.05, 4.69) is 28.5 Å². The number of rotatable bonds is 4. The molecule has 0 aliphatic rings. The number of fused-ring (bicyclic) bond motifs is 1. The molecular formula is C21H24F2N4. The SMILES string of the molecule is C/C=C(/c1ccn2ncc(CC(F)F)c2c1)c1cc(C)cnc1C.C=CN. The van der Waals surface area contributed by atoms with Crippen LogP contribution >= 0.6 is 0 Å². The Labute approximate surface area is 158 Å². The molecule has 3 aromatic rings. The zero-order valence-electron chi connectivity index (χ0n) is 15.8. The standard InChI is InChI=1S/C19H19F2N3.C2H5N/c1-4-16(17-7-12(2)10-22-13(17)3)14-5-6-24-18(8-14)15(11-23-24)9-19(20)21;1-2-3/h4-8,10-11,19H,9H2,1-3H3;2H,1,3H2/b16-4-;. The monoisotopic (exact) mass is 370 g/mol. The summed E-state index contributed by atoms with van der Waals surface area (Å²) in [6.45, 7) is 9.08. The molecule has 0 aromatic carbocycles. The van der Waals surface area contributed by atoms with Gasteiger partial charge in [0.1, 0.15) is 0 Å². The Hall–Kier alpha value is -3.02. The Morgan fingerprint density at radius 2 is 2.00 bits per heavy atom. The quantitative estimate of drug-likeness (QED) is 0.725. The first-order valence-corrected chi connectivity index (χ1v) is 8.58. The zero-order chi connectivity index (χ0) is 20.0. The third kappa shape index (κ3) is 4.78. The van der Waals surface area contributed by atoms with Gasteiger partial charge in [-0.3, -0.25) is 4.98 Å². The van der Waals surface area contributed by atoms with Crippen LogP contribution in [0, 0.1) is 13.8 Å². The van der Waals surface area contributed by atoms with Crippen LogP contribution in [0.25, 0.3) is 11.1 Å². The molecule has 0 saturated carbocycles. The van der Waals surface area contributed by atoms with Crippen molar-refractivity contribution in [3.8, 4) is 0 Å². The average molecular weight is 370 g/mol. The van der Waals surface area contributed by atoms with Crippen LogP contribution in [0.4, 0.5) is 8.78 Å². The number of nitrogens with two attached hydrogens (primary N) is 1. The topological polar surface area (TPSA) is 56.2 Å². The van der Waals surface area contributed by atoms with Gasteiger partial charge in [-0.1, -0.05) is 12.7 Å². The van der Waals surface area contributed by atoms with Crippen molar-refractivity contribution in [3.63, 3.8) is 0 Å². The van der Waals surface area contributed by atoms with Gasteiger partial charge in [-0.2, -0.15) is 5.10 Å². The molecule has 2 N–H and O–H groups in total. The predicted octanol–water partition coefficient (Wildman–Crippen LogP) is 4.69. The Bertz CT molecular complexity index is 958. The summed E-state index contributed by atoms with van der Waals surface area (Å²) in [4.78, 5) is 4.42. The van der Waals surface area contributed by atoms with Crippen molar-refractivity contribution in [2.45, 2.75) is 33.6 Å². The number of hydrogen-bond donors (Lipinski definition) is 1. The van der Waals surface area contributed by atoms with E-state index in [-0.39, 0.29) is 6.42 Å².